The van der Waals surface area contributed by atoms with Crippen LogP contribution < -0.4 is 5.32 Å². The van der Waals surface area contributed by atoms with Crippen LogP contribution in [0.2, 0.25) is 0 Å². The van der Waals surface area contributed by atoms with Gasteiger partial charge in [0.25, 0.3) is 0 Å². The maximum Gasteiger partial charge on any atom is 0.0697 e. The molecule has 1 aliphatic carbocycles. The summed E-state index contributed by atoms with van der Waals surface area (Å²) in [6.45, 7) is 10.2. The lowest BCUT2D eigenvalue weighted by Crippen LogP contribution is -2.52. The van der Waals surface area contributed by atoms with E-state index in [-0.39, 0.29) is 5.60 Å². The molecule has 0 aromatic heterocycles. The van der Waals surface area contributed by atoms with Crippen LogP contribution in [0.3, 0.4) is 0 Å². The van der Waals surface area contributed by atoms with Gasteiger partial charge in [-0.25, -0.2) is 0 Å². The van der Waals surface area contributed by atoms with E-state index in [1.807, 2.05) is 0 Å². The van der Waals surface area contributed by atoms with E-state index in [9.17, 15) is 0 Å². The average molecular weight is 253 g/mol. The van der Waals surface area contributed by atoms with Crippen molar-refractivity contribution < 1.29 is 4.74 Å². The Morgan fingerprint density at radius 3 is 2.44 bits per heavy atom. The largest absolute Gasteiger partial charge is 0.375 e. The minimum Gasteiger partial charge on any atom is -0.375 e. The van der Waals surface area contributed by atoms with Crippen molar-refractivity contribution in [3.63, 3.8) is 0 Å². The van der Waals surface area contributed by atoms with Gasteiger partial charge in [-0.1, -0.05) is 40.0 Å². The maximum atomic E-state index is 6.16. The second-order valence-corrected chi connectivity index (χ2v) is 7.54. The highest BCUT2D eigenvalue weighted by molar-refractivity contribution is 4.93. The first-order valence-electron chi connectivity index (χ1n) is 7.81. The lowest BCUT2D eigenvalue weighted by molar-refractivity contribution is -0.110. The predicted octanol–water partition coefficient (Wildman–Crippen LogP) is 3.89. The van der Waals surface area contributed by atoms with Gasteiger partial charge in [0, 0.05) is 18.7 Å². The average Bonchev–Trinajstić information content (AvgIpc) is 2.28. The van der Waals surface area contributed by atoms with Crippen LogP contribution in [0.5, 0.6) is 0 Å². The molecular formula is C16H31NO. The zero-order chi connectivity index (χ0) is 13.2. The van der Waals surface area contributed by atoms with Crippen LogP contribution in [-0.2, 0) is 4.74 Å². The van der Waals surface area contributed by atoms with Gasteiger partial charge < -0.3 is 10.1 Å². The van der Waals surface area contributed by atoms with Crippen molar-refractivity contribution in [2.75, 3.05) is 6.61 Å². The fraction of sp³-hybridized carbons (Fsp3) is 1.00. The van der Waals surface area contributed by atoms with Gasteiger partial charge in [0.05, 0.1) is 5.60 Å². The molecule has 2 heteroatoms. The van der Waals surface area contributed by atoms with Gasteiger partial charge >= 0.3 is 0 Å². The topological polar surface area (TPSA) is 21.3 Å². The smallest absolute Gasteiger partial charge is 0.0697 e. The second-order valence-electron chi connectivity index (χ2n) is 7.54. The second kappa shape index (κ2) is 5.50. The van der Waals surface area contributed by atoms with Crippen molar-refractivity contribution in [3.8, 4) is 0 Å². The lowest BCUT2D eigenvalue weighted by Gasteiger charge is -2.45. The van der Waals surface area contributed by atoms with Gasteiger partial charge in [-0.15, -0.1) is 0 Å². The summed E-state index contributed by atoms with van der Waals surface area (Å²) in [6.07, 6.45) is 9.12. The fourth-order valence-electron chi connectivity index (χ4n) is 3.32. The Bertz CT molecular complexity index is 257. The van der Waals surface area contributed by atoms with Gasteiger partial charge in [-0.3, -0.25) is 0 Å². The van der Waals surface area contributed by atoms with Crippen LogP contribution in [0.4, 0.5) is 0 Å². The van der Waals surface area contributed by atoms with Gasteiger partial charge in [0.2, 0.25) is 0 Å². The molecule has 1 aliphatic heterocycles. The molecule has 1 N–H and O–H groups in total. The van der Waals surface area contributed by atoms with Crippen molar-refractivity contribution in [1.82, 2.24) is 5.32 Å². The van der Waals surface area contributed by atoms with E-state index in [0.29, 0.717) is 17.5 Å². The van der Waals surface area contributed by atoms with Gasteiger partial charge in [-0.05, 0) is 38.0 Å². The Balaban J connectivity index is 1.90. The highest BCUT2D eigenvalue weighted by Crippen LogP contribution is 2.38. The van der Waals surface area contributed by atoms with E-state index in [1.165, 1.54) is 44.9 Å². The molecule has 18 heavy (non-hydrogen) atoms. The summed E-state index contributed by atoms with van der Waals surface area (Å²) < 4.78 is 6.16. The fourth-order valence-corrected chi connectivity index (χ4v) is 3.32. The molecule has 0 aromatic carbocycles. The van der Waals surface area contributed by atoms with E-state index >= 15 is 0 Å². The Kier molecular flexibility index (Phi) is 4.38. The predicted molar refractivity (Wildman–Crippen MR) is 76.8 cm³/mol. The summed E-state index contributed by atoms with van der Waals surface area (Å²) in [6, 6.07) is 1.23. The molecule has 0 amide bonds. The first-order valence-corrected chi connectivity index (χ1v) is 7.81. The molecule has 2 rings (SSSR count). The van der Waals surface area contributed by atoms with Crippen LogP contribution in [-0.4, -0.2) is 24.3 Å². The van der Waals surface area contributed by atoms with E-state index in [4.69, 9.17) is 4.74 Å². The van der Waals surface area contributed by atoms with Crippen molar-refractivity contribution in [2.45, 2.75) is 90.3 Å². The Hall–Kier alpha value is -0.0800. The third-order valence-corrected chi connectivity index (χ3v) is 5.04. The molecule has 2 nitrogen and oxygen atoms in total. The van der Waals surface area contributed by atoms with Crippen LogP contribution in [0.1, 0.15) is 72.6 Å². The summed E-state index contributed by atoms with van der Waals surface area (Å²) in [7, 11) is 0. The number of hydrogen-bond acceptors (Lipinski definition) is 2. The Labute approximate surface area is 113 Å². The first-order chi connectivity index (χ1) is 8.41. The molecule has 106 valence electrons. The first kappa shape index (κ1) is 14.3. The monoisotopic (exact) mass is 253 g/mol. The highest BCUT2D eigenvalue weighted by atomic mass is 16.5. The molecule has 1 spiro atoms. The minimum atomic E-state index is 0.228. The van der Waals surface area contributed by atoms with E-state index in [0.717, 1.165) is 6.61 Å². The van der Waals surface area contributed by atoms with E-state index < -0.39 is 0 Å². The van der Waals surface area contributed by atoms with Crippen molar-refractivity contribution in [2.24, 2.45) is 5.41 Å². The number of rotatable bonds is 2. The SMILES string of the molecule is CC(NC1CCOC2(CCCCC2)C1)C(C)(C)C. The van der Waals surface area contributed by atoms with E-state index in [2.05, 4.69) is 33.0 Å². The lowest BCUT2D eigenvalue weighted by atomic mass is 9.77. The molecular weight excluding hydrogens is 222 g/mol. The molecule has 0 aromatic rings. The van der Waals surface area contributed by atoms with Crippen LogP contribution in [0.15, 0.2) is 0 Å². The molecule has 2 fully saturated rings. The third-order valence-electron chi connectivity index (χ3n) is 5.04. The molecule has 2 atom stereocenters. The molecule has 2 aliphatic rings. The molecule has 1 heterocycles. The summed E-state index contributed by atoms with van der Waals surface area (Å²) in [4.78, 5) is 0. The Morgan fingerprint density at radius 2 is 1.83 bits per heavy atom. The molecule has 1 saturated heterocycles. The van der Waals surface area contributed by atoms with Crippen LogP contribution >= 0.6 is 0 Å². The molecule has 0 radical (unpaired) electrons. The van der Waals surface area contributed by atoms with Gasteiger partial charge in [0.15, 0.2) is 0 Å². The minimum absolute atomic E-state index is 0.228. The van der Waals surface area contributed by atoms with E-state index in [1.54, 1.807) is 0 Å². The van der Waals surface area contributed by atoms with Crippen LogP contribution in [0.25, 0.3) is 0 Å². The van der Waals surface area contributed by atoms with Crippen molar-refractivity contribution >= 4 is 0 Å². The highest BCUT2D eigenvalue weighted by Gasteiger charge is 2.39. The standard InChI is InChI=1S/C16H31NO/c1-13(15(2,3)4)17-14-8-11-18-16(12-14)9-6-5-7-10-16/h13-14,17H,5-12H2,1-4H3. The zero-order valence-corrected chi connectivity index (χ0v) is 12.7. The normalized spacial score (nSPS) is 30.3. The molecule has 1 saturated carbocycles. The number of nitrogens with one attached hydrogen (secondary N) is 1. The summed E-state index contributed by atoms with van der Waals surface area (Å²) >= 11 is 0. The molecule has 0 bridgehead atoms. The number of hydrogen-bond donors (Lipinski definition) is 1. The van der Waals surface area contributed by atoms with Crippen molar-refractivity contribution in [1.29, 1.82) is 0 Å². The summed E-state index contributed by atoms with van der Waals surface area (Å²) in [5.74, 6) is 0. The number of ether oxygens (including phenoxy) is 1. The Morgan fingerprint density at radius 1 is 1.17 bits per heavy atom. The van der Waals surface area contributed by atoms with Crippen molar-refractivity contribution in [3.05, 3.63) is 0 Å². The van der Waals surface area contributed by atoms with Gasteiger partial charge in [-0.2, -0.15) is 0 Å². The maximum absolute atomic E-state index is 6.16. The van der Waals surface area contributed by atoms with Crippen LogP contribution in [0, 0.1) is 5.41 Å². The quantitative estimate of drug-likeness (QED) is 0.806. The van der Waals surface area contributed by atoms with Gasteiger partial charge in [0.1, 0.15) is 0 Å². The third kappa shape index (κ3) is 3.48. The summed E-state index contributed by atoms with van der Waals surface area (Å²) in [5, 5.41) is 3.85. The molecule has 2 unspecified atom stereocenters. The summed E-state index contributed by atoms with van der Waals surface area (Å²) in [5.41, 5.74) is 0.573. The zero-order valence-electron chi connectivity index (χ0n) is 12.7.